The van der Waals surface area contributed by atoms with Crippen molar-refractivity contribution < 1.29 is 14.6 Å². The summed E-state index contributed by atoms with van der Waals surface area (Å²) in [7, 11) is 1.84. The van der Waals surface area contributed by atoms with Gasteiger partial charge in [-0.2, -0.15) is 0 Å². The van der Waals surface area contributed by atoms with E-state index in [9.17, 15) is 9.90 Å². The van der Waals surface area contributed by atoms with Gasteiger partial charge in [0.25, 0.3) is 0 Å². The summed E-state index contributed by atoms with van der Waals surface area (Å²) in [6, 6.07) is 0. The number of carbonyl (C=O) groups excluding carboxylic acids is 1. The molecule has 1 heterocycles. The Labute approximate surface area is 116 Å². The molecular formula is C14H28N2O3. The lowest BCUT2D eigenvalue weighted by molar-refractivity contribution is -0.00680. The molecule has 0 bridgehead atoms. The predicted molar refractivity (Wildman–Crippen MR) is 75.0 cm³/mol. The van der Waals surface area contributed by atoms with Crippen molar-refractivity contribution in [2.24, 2.45) is 11.8 Å². The third-order valence-corrected chi connectivity index (χ3v) is 3.53. The largest absolute Gasteiger partial charge is 0.444 e. The van der Waals surface area contributed by atoms with E-state index in [-0.39, 0.29) is 24.0 Å². The molecule has 3 unspecified atom stereocenters. The van der Waals surface area contributed by atoms with Gasteiger partial charge in [-0.15, -0.1) is 0 Å². The van der Waals surface area contributed by atoms with E-state index in [1.54, 1.807) is 4.90 Å². The molecular weight excluding hydrogens is 244 g/mol. The zero-order valence-corrected chi connectivity index (χ0v) is 12.8. The van der Waals surface area contributed by atoms with Gasteiger partial charge in [0.05, 0.1) is 6.10 Å². The zero-order chi connectivity index (χ0) is 14.6. The molecule has 112 valence electrons. The predicted octanol–water partition coefficient (Wildman–Crippen LogP) is 1.46. The second-order valence-corrected chi connectivity index (χ2v) is 6.48. The Morgan fingerprint density at radius 2 is 2.16 bits per heavy atom. The normalized spacial score (nSPS) is 26.1. The fraction of sp³-hybridized carbons (Fsp3) is 0.929. The van der Waals surface area contributed by atoms with Crippen LogP contribution in [-0.4, -0.2) is 54.5 Å². The van der Waals surface area contributed by atoms with E-state index in [1.807, 2.05) is 27.8 Å². The van der Waals surface area contributed by atoms with Crippen LogP contribution in [0.3, 0.4) is 0 Å². The number of rotatable bonds is 3. The van der Waals surface area contributed by atoms with E-state index in [2.05, 4.69) is 12.2 Å². The summed E-state index contributed by atoms with van der Waals surface area (Å²) >= 11 is 0. The van der Waals surface area contributed by atoms with Crippen LogP contribution < -0.4 is 5.32 Å². The van der Waals surface area contributed by atoms with Crippen LogP contribution in [0.4, 0.5) is 4.79 Å². The fourth-order valence-electron chi connectivity index (χ4n) is 2.59. The topological polar surface area (TPSA) is 61.8 Å². The zero-order valence-electron chi connectivity index (χ0n) is 12.8. The van der Waals surface area contributed by atoms with Crippen LogP contribution in [0.2, 0.25) is 0 Å². The molecule has 0 aromatic carbocycles. The Morgan fingerprint density at radius 1 is 1.53 bits per heavy atom. The number of aliphatic hydroxyl groups is 1. The standard InChI is InChI=1S/C14H28N2O3/c1-10-9-16(13(18)19-14(2,3)4)7-6-11(10)12(17)8-15-5/h10-12,15,17H,6-9H2,1-5H3. The number of hydrogen-bond acceptors (Lipinski definition) is 4. The summed E-state index contributed by atoms with van der Waals surface area (Å²) in [5.41, 5.74) is -0.456. The molecule has 1 aliphatic heterocycles. The molecule has 1 amide bonds. The number of nitrogens with zero attached hydrogens (tertiary/aromatic N) is 1. The maximum absolute atomic E-state index is 12.0. The average molecular weight is 272 g/mol. The third-order valence-electron chi connectivity index (χ3n) is 3.53. The molecule has 3 atom stereocenters. The minimum atomic E-state index is -0.456. The van der Waals surface area contributed by atoms with Gasteiger partial charge in [-0.05, 0) is 46.1 Å². The van der Waals surface area contributed by atoms with Gasteiger partial charge >= 0.3 is 6.09 Å². The molecule has 0 radical (unpaired) electrons. The highest BCUT2D eigenvalue weighted by Gasteiger charge is 2.34. The summed E-state index contributed by atoms with van der Waals surface area (Å²) in [6.07, 6.45) is 0.227. The Hall–Kier alpha value is -0.810. The molecule has 1 saturated heterocycles. The van der Waals surface area contributed by atoms with Crippen molar-refractivity contribution in [2.75, 3.05) is 26.7 Å². The van der Waals surface area contributed by atoms with E-state index >= 15 is 0 Å². The van der Waals surface area contributed by atoms with Crippen LogP contribution in [0.5, 0.6) is 0 Å². The second kappa shape index (κ2) is 6.57. The minimum Gasteiger partial charge on any atom is -0.444 e. The Balaban J connectivity index is 2.51. The lowest BCUT2D eigenvalue weighted by Gasteiger charge is -2.39. The molecule has 1 aliphatic rings. The monoisotopic (exact) mass is 272 g/mol. The Kier molecular flexibility index (Phi) is 5.62. The summed E-state index contributed by atoms with van der Waals surface area (Å²) in [4.78, 5) is 13.7. The van der Waals surface area contributed by atoms with E-state index in [1.165, 1.54) is 0 Å². The first-order valence-corrected chi connectivity index (χ1v) is 7.05. The van der Waals surface area contributed by atoms with E-state index in [4.69, 9.17) is 4.74 Å². The van der Waals surface area contributed by atoms with Gasteiger partial charge in [-0.1, -0.05) is 6.92 Å². The van der Waals surface area contributed by atoms with Crippen LogP contribution >= 0.6 is 0 Å². The van der Waals surface area contributed by atoms with Crippen molar-refractivity contribution in [1.82, 2.24) is 10.2 Å². The maximum atomic E-state index is 12.0. The SMILES string of the molecule is CNCC(O)C1CCN(C(=O)OC(C)(C)C)CC1C. The molecule has 1 rings (SSSR count). The lowest BCUT2D eigenvalue weighted by atomic mass is 9.83. The summed E-state index contributed by atoms with van der Waals surface area (Å²) in [5.74, 6) is 0.524. The average Bonchev–Trinajstić information content (AvgIpc) is 2.26. The van der Waals surface area contributed by atoms with Gasteiger partial charge in [-0.25, -0.2) is 4.79 Å². The first-order valence-electron chi connectivity index (χ1n) is 7.05. The summed E-state index contributed by atoms with van der Waals surface area (Å²) in [5, 5.41) is 13.1. The van der Waals surface area contributed by atoms with Crippen molar-refractivity contribution in [3.63, 3.8) is 0 Å². The highest BCUT2D eigenvalue weighted by molar-refractivity contribution is 5.68. The summed E-state index contributed by atoms with van der Waals surface area (Å²) in [6.45, 7) is 9.61. The van der Waals surface area contributed by atoms with Crippen molar-refractivity contribution >= 4 is 6.09 Å². The molecule has 0 saturated carbocycles. The second-order valence-electron chi connectivity index (χ2n) is 6.48. The van der Waals surface area contributed by atoms with Crippen molar-refractivity contribution in [3.8, 4) is 0 Å². The number of piperidine rings is 1. The van der Waals surface area contributed by atoms with Gasteiger partial charge in [0.15, 0.2) is 0 Å². The number of hydrogen-bond donors (Lipinski definition) is 2. The lowest BCUT2D eigenvalue weighted by Crippen LogP contribution is -2.48. The third kappa shape index (κ3) is 4.99. The van der Waals surface area contributed by atoms with Gasteiger partial charge in [0.2, 0.25) is 0 Å². The highest BCUT2D eigenvalue weighted by atomic mass is 16.6. The minimum absolute atomic E-state index is 0.242. The molecule has 0 aromatic heterocycles. The van der Waals surface area contributed by atoms with Crippen LogP contribution in [0, 0.1) is 11.8 Å². The first kappa shape index (κ1) is 16.2. The van der Waals surface area contributed by atoms with Crippen LogP contribution in [0.15, 0.2) is 0 Å². The number of likely N-dealkylation sites (tertiary alicyclic amines) is 1. The number of ether oxygens (including phenoxy) is 1. The molecule has 19 heavy (non-hydrogen) atoms. The molecule has 1 fully saturated rings. The Morgan fingerprint density at radius 3 is 2.63 bits per heavy atom. The van der Waals surface area contributed by atoms with Gasteiger partial charge < -0.3 is 20.1 Å². The van der Waals surface area contributed by atoms with Crippen LogP contribution in [0.1, 0.15) is 34.1 Å². The Bertz CT molecular complexity index is 302. The van der Waals surface area contributed by atoms with E-state index < -0.39 is 5.60 Å². The maximum Gasteiger partial charge on any atom is 0.410 e. The molecule has 0 aromatic rings. The van der Waals surface area contributed by atoms with Gasteiger partial charge in [0, 0.05) is 19.6 Å². The van der Waals surface area contributed by atoms with E-state index in [0.29, 0.717) is 19.6 Å². The van der Waals surface area contributed by atoms with Crippen LogP contribution in [-0.2, 0) is 4.74 Å². The molecule has 2 N–H and O–H groups in total. The fourth-order valence-corrected chi connectivity index (χ4v) is 2.59. The number of likely N-dealkylation sites (N-methyl/N-ethyl adjacent to an activating group) is 1. The number of aliphatic hydroxyl groups excluding tert-OH is 1. The first-order chi connectivity index (χ1) is 8.74. The number of amides is 1. The van der Waals surface area contributed by atoms with Gasteiger partial charge in [0.1, 0.15) is 5.60 Å². The quantitative estimate of drug-likeness (QED) is 0.816. The molecule has 0 aliphatic carbocycles. The molecule has 0 spiro atoms. The van der Waals surface area contributed by atoms with Crippen molar-refractivity contribution in [2.45, 2.75) is 45.8 Å². The van der Waals surface area contributed by atoms with E-state index in [0.717, 1.165) is 6.42 Å². The molecule has 5 nitrogen and oxygen atoms in total. The van der Waals surface area contributed by atoms with Crippen LogP contribution in [0.25, 0.3) is 0 Å². The summed E-state index contributed by atoms with van der Waals surface area (Å²) < 4.78 is 5.38. The van der Waals surface area contributed by atoms with Gasteiger partial charge in [-0.3, -0.25) is 0 Å². The number of carbonyl (C=O) groups is 1. The number of nitrogens with one attached hydrogen (secondary N) is 1. The smallest absolute Gasteiger partial charge is 0.410 e. The highest BCUT2D eigenvalue weighted by Crippen LogP contribution is 2.27. The van der Waals surface area contributed by atoms with Crippen molar-refractivity contribution in [1.29, 1.82) is 0 Å². The molecule has 5 heteroatoms. The van der Waals surface area contributed by atoms with Crippen molar-refractivity contribution in [3.05, 3.63) is 0 Å².